The first-order chi connectivity index (χ1) is 7.31. The van der Waals surface area contributed by atoms with Crippen molar-refractivity contribution in [1.29, 1.82) is 0 Å². The molecule has 78 valence electrons. The second-order valence-electron chi connectivity index (χ2n) is 3.36. The minimum Gasteiger partial charge on any atom is -0.316 e. The van der Waals surface area contributed by atoms with E-state index in [0.717, 1.165) is 17.1 Å². The third kappa shape index (κ3) is 2.40. The predicted octanol–water partition coefficient (Wildman–Crippen LogP) is 3.79. The summed E-state index contributed by atoms with van der Waals surface area (Å²) in [5, 5.41) is 8.10. The van der Waals surface area contributed by atoms with Gasteiger partial charge >= 0.3 is 0 Å². The van der Waals surface area contributed by atoms with Crippen molar-refractivity contribution in [1.82, 2.24) is 5.32 Å². The fourth-order valence-corrected chi connectivity index (χ4v) is 2.49. The maximum absolute atomic E-state index is 6.23. The normalized spacial score (nSPS) is 10.5. The van der Waals surface area contributed by atoms with Gasteiger partial charge in [-0.05, 0) is 41.1 Å². The van der Waals surface area contributed by atoms with Crippen molar-refractivity contribution in [2.24, 2.45) is 0 Å². The van der Waals surface area contributed by atoms with E-state index >= 15 is 0 Å². The molecule has 3 heteroatoms. The third-order valence-corrected chi connectivity index (χ3v) is 3.24. The fourth-order valence-electron chi connectivity index (χ4n) is 1.52. The molecule has 0 fully saturated rings. The molecule has 0 aliphatic heterocycles. The molecule has 1 aromatic carbocycles. The Morgan fingerprint density at radius 3 is 2.80 bits per heavy atom. The highest BCUT2D eigenvalue weighted by atomic mass is 35.5. The molecule has 0 radical (unpaired) electrons. The van der Waals surface area contributed by atoms with Crippen molar-refractivity contribution in [2.75, 3.05) is 7.05 Å². The number of nitrogens with one attached hydrogen (secondary N) is 1. The van der Waals surface area contributed by atoms with Crippen LogP contribution in [0.2, 0.25) is 5.02 Å². The quantitative estimate of drug-likeness (QED) is 0.857. The molecule has 0 saturated carbocycles. The van der Waals surface area contributed by atoms with Crippen LogP contribution in [0.3, 0.4) is 0 Å². The van der Waals surface area contributed by atoms with Gasteiger partial charge in [0.25, 0.3) is 0 Å². The molecular weight excluding hydrogens is 226 g/mol. The van der Waals surface area contributed by atoms with Crippen LogP contribution >= 0.6 is 22.9 Å². The van der Waals surface area contributed by atoms with Crippen LogP contribution in [0.25, 0.3) is 11.1 Å². The molecule has 15 heavy (non-hydrogen) atoms. The lowest BCUT2D eigenvalue weighted by Crippen LogP contribution is -2.04. The lowest BCUT2D eigenvalue weighted by Gasteiger charge is -2.05. The van der Waals surface area contributed by atoms with Gasteiger partial charge in [0.05, 0.1) is 0 Å². The summed E-state index contributed by atoms with van der Waals surface area (Å²) in [5.74, 6) is 0. The van der Waals surface area contributed by atoms with E-state index in [1.165, 1.54) is 11.1 Å². The van der Waals surface area contributed by atoms with Gasteiger partial charge in [0.15, 0.2) is 0 Å². The molecule has 0 saturated heterocycles. The zero-order valence-electron chi connectivity index (χ0n) is 8.46. The van der Waals surface area contributed by atoms with E-state index in [1.807, 2.05) is 13.1 Å². The van der Waals surface area contributed by atoms with Crippen LogP contribution < -0.4 is 5.32 Å². The van der Waals surface area contributed by atoms with Crippen LogP contribution in [0.4, 0.5) is 0 Å². The smallest absolute Gasteiger partial charge is 0.0487 e. The Hall–Kier alpha value is -0.830. The van der Waals surface area contributed by atoms with Gasteiger partial charge in [-0.15, -0.1) is 0 Å². The molecule has 1 N–H and O–H groups in total. The number of hydrogen-bond donors (Lipinski definition) is 1. The van der Waals surface area contributed by atoms with Crippen molar-refractivity contribution >= 4 is 22.9 Å². The maximum atomic E-state index is 6.23. The van der Waals surface area contributed by atoms with Gasteiger partial charge in [-0.2, -0.15) is 11.3 Å². The van der Waals surface area contributed by atoms with Gasteiger partial charge in [0.2, 0.25) is 0 Å². The molecular formula is C12H12ClNS. The van der Waals surface area contributed by atoms with Gasteiger partial charge in [-0.1, -0.05) is 23.7 Å². The second kappa shape index (κ2) is 4.79. The van der Waals surface area contributed by atoms with Crippen LogP contribution in [0.1, 0.15) is 5.56 Å². The van der Waals surface area contributed by atoms with E-state index in [0.29, 0.717) is 0 Å². The molecule has 0 atom stereocenters. The molecule has 1 aromatic heterocycles. The Morgan fingerprint density at radius 1 is 1.33 bits per heavy atom. The SMILES string of the molecule is CNCc1ccc(-c2ccsc2)c(Cl)c1. The van der Waals surface area contributed by atoms with Gasteiger partial charge in [-0.3, -0.25) is 0 Å². The highest BCUT2D eigenvalue weighted by Gasteiger charge is 2.04. The first kappa shape index (κ1) is 10.7. The Bertz CT molecular complexity index is 437. The van der Waals surface area contributed by atoms with Crippen LogP contribution in [0.15, 0.2) is 35.0 Å². The second-order valence-corrected chi connectivity index (χ2v) is 4.54. The zero-order valence-corrected chi connectivity index (χ0v) is 10.0. The molecule has 0 unspecified atom stereocenters. The van der Waals surface area contributed by atoms with Crippen molar-refractivity contribution in [3.63, 3.8) is 0 Å². The van der Waals surface area contributed by atoms with Crippen LogP contribution in [-0.4, -0.2) is 7.05 Å². The number of thiophene rings is 1. The van der Waals surface area contributed by atoms with Gasteiger partial charge < -0.3 is 5.32 Å². The lowest BCUT2D eigenvalue weighted by molar-refractivity contribution is 0.818. The van der Waals surface area contributed by atoms with E-state index in [4.69, 9.17) is 11.6 Å². The average Bonchev–Trinajstić information content (AvgIpc) is 2.71. The van der Waals surface area contributed by atoms with Crippen molar-refractivity contribution in [2.45, 2.75) is 6.54 Å². The Kier molecular flexibility index (Phi) is 3.41. The lowest BCUT2D eigenvalue weighted by atomic mass is 10.1. The van der Waals surface area contributed by atoms with Crippen molar-refractivity contribution in [3.8, 4) is 11.1 Å². The third-order valence-electron chi connectivity index (χ3n) is 2.25. The number of rotatable bonds is 3. The average molecular weight is 238 g/mol. The van der Waals surface area contributed by atoms with Crippen LogP contribution in [-0.2, 0) is 6.54 Å². The summed E-state index contributed by atoms with van der Waals surface area (Å²) in [5.41, 5.74) is 3.51. The molecule has 1 heterocycles. The molecule has 2 aromatic rings. The maximum Gasteiger partial charge on any atom is 0.0487 e. The monoisotopic (exact) mass is 237 g/mol. The van der Waals surface area contributed by atoms with Crippen LogP contribution in [0.5, 0.6) is 0 Å². The van der Waals surface area contributed by atoms with Crippen molar-refractivity contribution in [3.05, 3.63) is 45.6 Å². The molecule has 0 spiro atoms. The predicted molar refractivity (Wildman–Crippen MR) is 67.5 cm³/mol. The van der Waals surface area contributed by atoms with E-state index in [-0.39, 0.29) is 0 Å². The number of hydrogen-bond acceptors (Lipinski definition) is 2. The molecule has 0 bridgehead atoms. The summed E-state index contributed by atoms with van der Waals surface area (Å²) in [6.45, 7) is 0.851. The summed E-state index contributed by atoms with van der Waals surface area (Å²) in [6.07, 6.45) is 0. The van der Waals surface area contributed by atoms with E-state index in [1.54, 1.807) is 11.3 Å². The standard InChI is InChI=1S/C12H12ClNS/c1-14-7-9-2-3-11(12(13)6-9)10-4-5-15-8-10/h2-6,8,14H,7H2,1H3. The molecule has 1 nitrogen and oxygen atoms in total. The summed E-state index contributed by atoms with van der Waals surface area (Å²) in [4.78, 5) is 0. The van der Waals surface area contributed by atoms with E-state index < -0.39 is 0 Å². The number of halogens is 1. The Morgan fingerprint density at radius 2 is 2.20 bits per heavy atom. The highest BCUT2D eigenvalue weighted by molar-refractivity contribution is 7.08. The first-order valence-corrected chi connectivity index (χ1v) is 6.09. The molecule has 2 rings (SSSR count). The molecule has 0 aliphatic carbocycles. The van der Waals surface area contributed by atoms with Gasteiger partial charge in [0, 0.05) is 17.1 Å². The zero-order chi connectivity index (χ0) is 10.7. The first-order valence-electron chi connectivity index (χ1n) is 4.77. The molecule has 0 amide bonds. The van der Waals surface area contributed by atoms with Crippen molar-refractivity contribution < 1.29 is 0 Å². The summed E-state index contributed by atoms with van der Waals surface area (Å²) < 4.78 is 0. The Labute approximate surface area is 98.7 Å². The highest BCUT2D eigenvalue weighted by Crippen LogP contribution is 2.30. The summed E-state index contributed by atoms with van der Waals surface area (Å²) in [6, 6.07) is 8.29. The fraction of sp³-hybridized carbons (Fsp3) is 0.167. The van der Waals surface area contributed by atoms with E-state index in [2.05, 4.69) is 34.3 Å². The summed E-state index contributed by atoms with van der Waals surface area (Å²) >= 11 is 7.92. The number of benzene rings is 1. The molecule has 0 aliphatic rings. The van der Waals surface area contributed by atoms with Gasteiger partial charge in [0.1, 0.15) is 0 Å². The minimum atomic E-state index is 0.821. The van der Waals surface area contributed by atoms with E-state index in [9.17, 15) is 0 Å². The largest absolute Gasteiger partial charge is 0.316 e. The Balaban J connectivity index is 2.35. The minimum absolute atomic E-state index is 0.821. The summed E-state index contributed by atoms with van der Waals surface area (Å²) in [7, 11) is 1.93. The van der Waals surface area contributed by atoms with Gasteiger partial charge in [-0.25, -0.2) is 0 Å². The van der Waals surface area contributed by atoms with Crippen LogP contribution in [0, 0.1) is 0 Å². The topological polar surface area (TPSA) is 12.0 Å².